The number of hydrogen-bond donors (Lipinski definition) is 2. The van der Waals surface area contributed by atoms with Gasteiger partial charge in [0.1, 0.15) is 22.6 Å². The number of fused-ring (bicyclic) bond motifs is 5. The van der Waals surface area contributed by atoms with Gasteiger partial charge in [0.2, 0.25) is 0 Å². The average molecular weight is 523 g/mol. The second-order valence-electron chi connectivity index (χ2n) is 9.57. The molecule has 3 aliphatic heterocycles. The molecule has 0 fully saturated rings. The number of ether oxygens (including phenoxy) is 4. The van der Waals surface area contributed by atoms with Crippen molar-refractivity contribution in [3.8, 4) is 17.2 Å². The molecule has 3 aliphatic rings. The zero-order valence-corrected chi connectivity index (χ0v) is 21.3. The van der Waals surface area contributed by atoms with Crippen LogP contribution < -0.4 is 20.5 Å². The minimum atomic E-state index is -0.788. The van der Waals surface area contributed by atoms with Crippen LogP contribution in [0.15, 0.2) is 66.1 Å². The number of rotatable bonds is 4. The van der Waals surface area contributed by atoms with Crippen molar-refractivity contribution < 1.29 is 18.9 Å². The first-order valence-corrected chi connectivity index (χ1v) is 12.8. The van der Waals surface area contributed by atoms with Gasteiger partial charge in [-0.05, 0) is 48.4 Å². The fraction of sp³-hybridized carbons (Fsp3) is 0.241. The Balaban J connectivity index is 1.33. The molecule has 39 heavy (non-hydrogen) atoms. The van der Waals surface area contributed by atoms with E-state index in [0.29, 0.717) is 49.3 Å². The number of anilines is 2. The maximum absolute atomic E-state index is 6.36. The topological polar surface area (TPSA) is 126 Å². The Morgan fingerprint density at radius 3 is 2.77 bits per heavy atom. The molecule has 3 N–H and O–H groups in total. The highest BCUT2D eigenvalue weighted by Crippen LogP contribution is 2.53. The second-order valence-corrected chi connectivity index (χ2v) is 9.57. The summed E-state index contributed by atoms with van der Waals surface area (Å²) in [7, 11) is 1.62. The van der Waals surface area contributed by atoms with Crippen molar-refractivity contribution in [2.75, 3.05) is 32.2 Å². The van der Waals surface area contributed by atoms with Crippen LogP contribution in [-0.4, -0.2) is 47.9 Å². The molecule has 4 aromatic rings. The molecule has 0 unspecified atom stereocenters. The number of hydrogen-bond acceptors (Lipinski definition) is 10. The van der Waals surface area contributed by atoms with Crippen molar-refractivity contribution in [3.63, 3.8) is 0 Å². The smallest absolute Gasteiger partial charge is 0.283 e. The average Bonchev–Trinajstić information content (AvgIpc) is 2.98. The highest BCUT2D eigenvalue weighted by Gasteiger charge is 2.45. The number of amidine groups is 1. The van der Waals surface area contributed by atoms with Gasteiger partial charge in [0.15, 0.2) is 11.6 Å². The van der Waals surface area contributed by atoms with Crippen molar-refractivity contribution in [2.45, 2.75) is 18.4 Å². The van der Waals surface area contributed by atoms with Crippen molar-refractivity contribution >= 4 is 34.0 Å². The van der Waals surface area contributed by atoms with Crippen LogP contribution in [0.2, 0.25) is 0 Å². The van der Waals surface area contributed by atoms with E-state index < -0.39 is 5.54 Å². The Bertz CT molecular complexity index is 1670. The number of nitrogens with two attached hydrogens (primary N) is 1. The lowest BCUT2D eigenvalue weighted by Crippen LogP contribution is -2.38. The zero-order valence-electron chi connectivity index (χ0n) is 21.3. The highest BCUT2D eigenvalue weighted by atomic mass is 16.5. The van der Waals surface area contributed by atoms with E-state index in [0.717, 1.165) is 45.4 Å². The van der Waals surface area contributed by atoms with Crippen LogP contribution in [0.5, 0.6) is 17.2 Å². The van der Waals surface area contributed by atoms with Gasteiger partial charge in [-0.15, -0.1) is 0 Å². The van der Waals surface area contributed by atoms with Gasteiger partial charge in [0.25, 0.3) is 6.02 Å². The predicted octanol–water partition coefficient (Wildman–Crippen LogP) is 4.67. The summed E-state index contributed by atoms with van der Waals surface area (Å²) in [6.07, 6.45) is 8.68. The van der Waals surface area contributed by atoms with Crippen LogP contribution in [0.25, 0.3) is 16.5 Å². The Morgan fingerprint density at radius 1 is 1.00 bits per heavy atom. The maximum Gasteiger partial charge on any atom is 0.283 e. The van der Waals surface area contributed by atoms with Gasteiger partial charge in [-0.1, -0.05) is 6.08 Å². The van der Waals surface area contributed by atoms with Crippen molar-refractivity contribution in [3.05, 3.63) is 77.9 Å². The van der Waals surface area contributed by atoms with Crippen molar-refractivity contribution in [1.82, 2.24) is 15.0 Å². The Kier molecular flexibility index (Phi) is 5.55. The van der Waals surface area contributed by atoms with E-state index >= 15 is 0 Å². The van der Waals surface area contributed by atoms with Gasteiger partial charge < -0.3 is 30.0 Å². The number of methoxy groups -OCH3 is 1. The molecule has 0 amide bonds. The standard InChI is InChI=1S/C29H26N6O4/c1-36-20-12-18-4-8-31-27(26(18)33-15-20)34-19-2-3-24-21(13-19)29(7-11-38-28(30)35-29)22-14-23(32-16-25(22)39-24)17-5-9-37-10-6-17/h2-5,8,12-16H,6-7,9-11H2,1H3,(H2,30,35)(H,31,34)/t29-/m0/s1. The van der Waals surface area contributed by atoms with Gasteiger partial charge in [-0.25, -0.2) is 15.0 Å². The summed E-state index contributed by atoms with van der Waals surface area (Å²) in [4.78, 5) is 18.7. The fourth-order valence-electron chi connectivity index (χ4n) is 5.42. The Hall–Kier alpha value is -4.70. The summed E-state index contributed by atoms with van der Waals surface area (Å²) < 4.78 is 22.8. The Labute approximate surface area is 224 Å². The van der Waals surface area contributed by atoms with Crippen LogP contribution in [0.3, 0.4) is 0 Å². The first-order valence-electron chi connectivity index (χ1n) is 12.8. The Morgan fingerprint density at radius 2 is 1.92 bits per heavy atom. The molecule has 1 atom stereocenters. The lowest BCUT2D eigenvalue weighted by Gasteiger charge is -2.39. The maximum atomic E-state index is 6.36. The van der Waals surface area contributed by atoms with Gasteiger partial charge in [0.05, 0.1) is 45.0 Å². The monoisotopic (exact) mass is 522 g/mol. The molecule has 10 nitrogen and oxygen atoms in total. The number of aromatic nitrogens is 3. The molecule has 6 heterocycles. The first-order chi connectivity index (χ1) is 19.1. The third-order valence-corrected chi connectivity index (χ3v) is 7.34. The molecular formula is C29H26N6O4. The molecule has 0 saturated heterocycles. The number of pyridine rings is 3. The summed E-state index contributed by atoms with van der Waals surface area (Å²) in [5.74, 6) is 2.67. The van der Waals surface area contributed by atoms with Crippen LogP contribution in [0, 0.1) is 0 Å². The summed E-state index contributed by atoms with van der Waals surface area (Å²) in [5.41, 5.74) is 10.8. The normalized spacial score (nSPS) is 19.7. The van der Waals surface area contributed by atoms with E-state index in [1.54, 1.807) is 25.7 Å². The lowest BCUT2D eigenvalue weighted by atomic mass is 9.77. The molecule has 3 aromatic heterocycles. The van der Waals surface area contributed by atoms with Crippen molar-refractivity contribution in [2.24, 2.45) is 10.7 Å². The highest BCUT2D eigenvalue weighted by molar-refractivity contribution is 5.90. The SMILES string of the molecule is COc1cnc2c(Nc3ccc4c(c3)[C@@]3(CCOC(N)=N3)c3cc(C5=CCOCC5)ncc3O4)nccc2c1. The third kappa shape index (κ3) is 4.00. The summed E-state index contributed by atoms with van der Waals surface area (Å²) in [5, 5.41) is 4.36. The van der Waals surface area contributed by atoms with Gasteiger partial charge in [-0.3, -0.25) is 4.98 Å². The minimum Gasteiger partial charge on any atom is -0.495 e. The number of benzene rings is 1. The van der Waals surface area contributed by atoms with Crippen LogP contribution in [0.4, 0.5) is 11.5 Å². The van der Waals surface area contributed by atoms with E-state index in [1.807, 2.05) is 30.3 Å². The molecule has 1 spiro atoms. The summed E-state index contributed by atoms with van der Waals surface area (Å²) >= 11 is 0. The first kappa shape index (κ1) is 23.4. The summed E-state index contributed by atoms with van der Waals surface area (Å²) in [6.45, 7) is 1.68. The molecular weight excluding hydrogens is 496 g/mol. The predicted molar refractivity (Wildman–Crippen MR) is 147 cm³/mol. The molecule has 10 heteroatoms. The van der Waals surface area contributed by atoms with Gasteiger partial charge in [-0.2, -0.15) is 0 Å². The molecule has 0 radical (unpaired) electrons. The quantitative estimate of drug-likeness (QED) is 0.393. The lowest BCUT2D eigenvalue weighted by molar-refractivity contribution is 0.161. The van der Waals surface area contributed by atoms with Crippen LogP contribution in [0.1, 0.15) is 29.7 Å². The molecule has 0 saturated carbocycles. The van der Waals surface area contributed by atoms with Gasteiger partial charge in [0, 0.05) is 34.8 Å². The molecule has 196 valence electrons. The van der Waals surface area contributed by atoms with E-state index in [1.165, 1.54) is 0 Å². The second kappa shape index (κ2) is 9.25. The summed E-state index contributed by atoms with van der Waals surface area (Å²) in [6, 6.07) is 12.0. The van der Waals surface area contributed by atoms with E-state index in [4.69, 9.17) is 34.7 Å². The molecule has 1 aromatic carbocycles. The molecule has 7 rings (SSSR count). The number of nitrogens with zero attached hydrogens (tertiary/aromatic N) is 4. The van der Waals surface area contributed by atoms with E-state index in [-0.39, 0.29) is 6.02 Å². The van der Waals surface area contributed by atoms with E-state index in [2.05, 4.69) is 27.4 Å². The minimum absolute atomic E-state index is 0.149. The van der Waals surface area contributed by atoms with Gasteiger partial charge >= 0.3 is 0 Å². The van der Waals surface area contributed by atoms with E-state index in [9.17, 15) is 0 Å². The zero-order chi connectivity index (χ0) is 26.4. The molecule has 0 bridgehead atoms. The fourth-order valence-corrected chi connectivity index (χ4v) is 5.42. The number of nitrogens with one attached hydrogen (secondary N) is 1. The van der Waals surface area contributed by atoms with Crippen LogP contribution >= 0.6 is 0 Å². The largest absolute Gasteiger partial charge is 0.495 e. The number of aliphatic imine (C=N–C) groups is 1. The van der Waals surface area contributed by atoms with Crippen molar-refractivity contribution in [1.29, 1.82) is 0 Å². The van der Waals surface area contributed by atoms with Crippen LogP contribution in [-0.2, 0) is 15.0 Å². The third-order valence-electron chi connectivity index (χ3n) is 7.34. The molecule has 0 aliphatic carbocycles.